The van der Waals surface area contributed by atoms with Crippen molar-refractivity contribution in [2.24, 2.45) is 0 Å². The standard InChI is InChI=1S/C16H20N2O2/c1-20-14-8-4-3-7-13(14)11-15(19)18-16(12-17)9-5-2-6-10-16/h3-4,7-8H,2,5-6,9-11H2,1H3,(H,18,19). The van der Waals surface area contributed by atoms with Gasteiger partial charge in [0, 0.05) is 5.56 Å². The molecule has 1 N–H and O–H groups in total. The normalized spacial score (nSPS) is 17.0. The molecule has 0 bridgehead atoms. The second kappa shape index (κ2) is 6.42. The van der Waals surface area contributed by atoms with Gasteiger partial charge in [0.15, 0.2) is 0 Å². The molecule has 1 amide bonds. The number of amides is 1. The van der Waals surface area contributed by atoms with Crippen LogP contribution >= 0.6 is 0 Å². The van der Waals surface area contributed by atoms with Crippen molar-refractivity contribution in [3.05, 3.63) is 29.8 Å². The van der Waals surface area contributed by atoms with Crippen LogP contribution < -0.4 is 10.1 Å². The highest BCUT2D eigenvalue weighted by atomic mass is 16.5. The van der Waals surface area contributed by atoms with E-state index in [0.29, 0.717) is 5.75 Å². The van der Waals surface area contributed by atoms with Crippen LogP contribution in [0, 0.1) is 11.3 Å². The molecule has 0 heterocycles. The SMILES string of the molecule is COc1ccccc1CC(=O)NC1(C#N)CCCCC1. The monoisotopic (exact) mass is 272 g/mol. The van der Waals surface area contributed by atoms with Gasteiger partial charge in [-0.2, -0.15) is 5.26 Å². The van der Waals surface area contributed by atoms with E-state index < -0.39 is 5.54 Å². The lowest BCUT2D eigenvalue weighted by molar-refractivity contribution is -0.122. The topological polar surface area (TPSA) is 62.1 Å². The van der Waals surface area contributed by atoms with E-state index in [9.17, 15) is 10.1 Å². The third kappa shape index (κ3) is 3.30. The van der Waals surface area contributed by atoms with E-state index in [1.807, 2.05) is 24.3 Å². The highest BCUT2D eigenvalue weighted by molar-refractivity contribution is 5.80. The molecule has 1 aliphatic rings. The molecule has 0 spiro atoms. The van der Waals surface area contributed by atoms with Gasteiger partial charge < -0.3 is 10.1 Å². The second-order valence-corrected chi connectivity index (χ2v) is 5.29. The molecule has 4 nitrogen and oxygen atoms in total. The first-order chi connectivity index (χ1) is 9.69. The zero-order chi connectivity index (χ0) is 14.4. The number of carbonyl (C=O) groups excluding carboxylic acids is 1. The maximum Gasteiger partial charge on any atom is 0.225 e. The van der Waals surface area contributed by atoms with Crippen molar-refractivity contribution in [2.45, 2.75) is 44.1 Å². The molecule has 20 heavy (non-hydrogen) atoms. The van der Waals surface area contributed by atoms with E-state index in [4.69, 9.17) is 4.74 Å². The summed E-state index contributed by atoms with van der Waals surface area (Å²) in [5, 5.41) is 12.3. The van der Waals surface area contributed by atoms with Crippen LogP contribution in [0.1, 0.15) is 37.7 Å². The van der Waals surface area contributed by atoms with Crippen LogP contribution in [0.2, 0.25) is 0 Å². The summed E-state index contributed by atoms with van der Waals surface area (Å²) in [5.41, 5.74) is 0.175. The van der Waals surface area contributed by atoms with Crippen LogP contribution in [0.5, 0.6) is 5.75 Å². The number of ether oxygens (including phenoxy) is 1. The van der Waals surface area contributed by atoms with Crippen molar-refractivity contribution < 1.29 is 9.53 Å². The molecule has 2 rings (SSSR count). The molecule has 0 unspecified atom stereocenters. The summed E-state index contributed by atoms with van der Waals surface area (Å²) in [5.74, 6) is 0.593. The smallest absolute Gasteiger partial charge is 0.225 e. The van der Waals surface area contributed by atoms with Gasteiger partial charge in [-0.05, 0) is 18.9 Å². The van der Waals surface area contributed by atoms with Crippen molar-refractivity contribution in [3.63, 3.8) is 0 Å². The first kappa shape index (κ1) is 14.4. The molecule has 0 radical (unpaired) electrons. The molecule has 1 aromatic rings. The molecular weight excluding hydrogens is 252 g/mol. The molecule has 4 heteroatoms. The molecule has 1 aromatic carbocycles. The summed E-state index contributed by atoms with van der Waals surface area (Å²) in [6, 6.07) is 9.76. The summed E-state index contributed by atoms with van der Waals surface area (Å²) in [7, 11) is 1.59. The van der Waals surface area contributed by atoms with Gasteiger partial charge in [0.25, 0.3) is 0 Å². The van der Waals surface area contributed by atoms with E-state index in [0.717, 1.165) is 37.7 Å². The summed E-state index contributed by atoms with van der Waals surface area (Å²) >= 11 is 0. The van der Waals surface area contributed by atoms with Crippen molar-refractivity contribution in [3.8, 4) is 11.8 Å². The molecule has 1 aliphatic carbocycles. The molecule has 0 atom stereocenters. The number of nitrogens with zero attached hydrogens (tertiary/aromatic N) is 1. The molecule has 1 saturated carbocycles. The fraction of sp³-hybridized carbons (Fsp3) is 0.500. The second-order valence-electron chi connectivity index (χ2n) is 5.29. The molecule has 0 saturated heterocycles. The van der Waals surface area contributed by atoms with Gasteiger partial charge in [0.1, 0.15) is 11.3 Å². The summed E-state index contributed by atoms with van der Waals surface area (Å²) in [4.78, 5) is 12.2. The summed E-state index contributed by atoms with van der Waals surface area (Å²) in [6.45, 7) is 0. The van der Waals surface area contributed by atoms with Crippen LogP contribution in [0.15, 0.2) is 24.3 Å². The fourth-order valence-corrected chi connectivity index (χ4v) is 2.75. The summed E-state index contributed by atoms with van der Waals surface area (Å²) in [6.07, 6.45) is 4.90. The third-order valence-corrected chi connectivity index (χ3v) is 3.84. The number of benzene rings is 1. The highest BCUT2D eigenvalue weighted by Gasteiger charge is 2.33. The van der Waals surface area contributed by atoms with Crippen molar-refractivity contribution >= 4 is 5.91 Å². The Bertz CT molecular complexity index is 513. The van der Waals surface area contributed by atoms with E-state index in [1.165, 1.54) is 0 Å². The maximum absolute atomic E-state index is 12.2. The number of hydrogen-bond donors (Lipinski definition) is 1. The highest BCUT2D eigenvalue weighted by Crippen LogP contribution is 2.28. The van der Waals surface area contributed by atoms with Crippen LogP contribution in [0.3, 0.4) is 0 Å². The van der Waals surface area contributed by atoms with E-state index in [1.54, 1.807) is 7.11 Å². The molecule has 0 aromatic heterocycles. The number of rotatable bonds is 4. The molecule has 106 valence electrons. The number of nitrogens with one attached hydrogen (secondary N) is 1. The van der Waals surface area contributed by atoms with E-state index in [-0.39, 0.29) is 12.3 Å². The van der Waals surface area contributed by atoms with Crippen molar-refractivity contribution in [1.82, 2.24) is 5.32 Å². The Hall–Kier alpha value is -2.02. The van der Waals surface area contributed by atoms with Gasteiger partial charge in [0.2, 0.25) is 5.91 Å². The molecular formula is C16H20N2O2. The van der Waals surface area contributed by atoms with Crippen LogP contribution in [-0.4, -0.2) is 18.6 Å². The number of carbonyl (C=O) groups is 1. The Morgan fingerprint density at radius 2 is 2.05 bits per heavy atom. The first-order valence-electron chi connectivity index (χ1n) is 7.03. The van der Waals surface area contributed by atoms with Gasteiger partial charge >= 0.3 is 0 Å². The van der Waals surface area contributed by atoms with Gasteiger partial charge in [-0.15, -0.1) is 0 Å². The minimum atomic E-state index is -0.669. The minimum Gasteiger partial charge on any atom is -0.496 e. The Morgan fingerprint density at radius 1 is 1.35 bits per heavy atom. The van der Waals surface area contributed by atoms with Crippen LogP contribution in [0.25, 0.3) is 0 Å². The zero-order valence-electron chi connectivity index (χ0n) is 11.8. The Kier molecular flexibility index (Phi) is 4.62. The Morgan fingerprint density at radius 3 is 2.70 bits per heavy atom. The zero-order valence-corrected chi connectivity index (χ0v) is 11.8. The minimum absolute atomic E-state index is 0.113. The fourth-order valence-electron chi connectivity index (χ4n) is 2.75. The predicted octanol–water partition coefficient (Wildman–Crippen LogP) is 2.58. The van der Waals surface area contributed by atoms with Crippen molar-refractivity contribution in [1.29, 1.82) is 5.26 Å². The molecule has 0 aliphatic heterocycles. The lowest BCUT2D eigenvalue weighted by Gasteiger charge is -2.31. The lowest BCUT2D eigenvalue weighted by Crippen LogP contribution is -2.49. The van der Waals surface area contributed by atoms with Gasteiger partial charge in [0.05, 0.1) is 19.6 Å². The van der Waals surface area contributed by atoms with Crippen LogP contribution in [-0.2, 0) is 11.2 Å². The maximum atomic E-state index is 12.2. The number of para-hydroxylation sites is 1. The molecule has 1 fully saturated rings. The average molecular weight is 272 g/mol. The number of nitriles is 1. The number of methoxy groups -OCH3 is 1. The Labute approximate surface area is 119 Å². The van der Waals surface area contributed by atoms with Crippen molar-refractivity contribution in [2.75, 3.05) is 7.11 Å². The average Bonchev–Trinajstić information content (AvgIpc) is 2.48. The quantitative estimate of drug-likeness (QED) is 0.916. The first-order valence-corrected chi connectivity index (χ1v) is 7.03. The predicted molar refractivity (Wildman–Crippen MR) is 76.3 cm³/mol. The van der Waals surface area contributed by atoms with E-state index in [2.05, 4.69) is 11.4 Å². The van der Waals surface area contributed by atoms with Crippen LogP contribution in [0.4, 0.5) is 0 Å². The summed E-state index contributed by atoms with van der Waals surface area (Å²) < 4.78 is 5.24. The number of hydrogen-bond acceptors (Lipinski definition) is 3. The van der Waals surface area contributed by atoms with Gasteiger partial charge in [-0.25, -0.2) is 0 Å². The lowest BCUT2D eigenvalue weighted by atomic mass is 9.82. The van der Waals surface area contributed by atoms with E-state index >= 15 is 0 Å². The third-order valence-electron chi connectivity index (χ3n) is 3.84. The Balaban J connectivity index is 2.03. The largest absolute Gasteiger partial charge is 0.496 e. The van der Waals surface area contributed by atoms with Gasteiger partial charge in [-0.1, -0.05) is 37.5 Å². The van der Waals surface area contributed by atoms with Gasteiger partial charge in [-0.3, -0.25) is 4.79 Å².